The summed E-state index contributed by atoms with van der Waals surface area (Å²) >= 11 is 0. The van der Waals surface area contributed by atoms with Gasteiger partial charge in [0.05, 0.1) is 17.1 Å². The van der Waals surface area contributed by atoms with E-state index in [-0.39, 0.29) is 6.04 Å². The maximum Gasteiger partial charge on any atom is 0.225 e. The van der Waals surface area contributed by atoms with E-state index in [1.54, 1.807) is 6.20 Å². The summed E-state index contributed by atoms with van der Waals surface area (Å²) in [6.07, 6.45) is 3.58. The summed E-state index contributed by atoms with van der Waals surface area (Å²) in [5.74, 6) is 1.36. The molecule has 3 heterocycles. The number of para-hydroxylation sites is 1. The van der Waals surface area contributed by atoms with E-state index in [0.717, 1.165) is 33.6 Å². The third kappa shape index (κ3) is 3.61. The van der Waals surface area contributed by atoms with Crippen LogP contribution in [0.1, 0.15) is 18.5 Å². The number of H-pyrrole nitrogens is 1. The zero-order chi connectivity index (χ0) is 22.2. The van der Waals surface area contributed by atoms with Crippen LogP contribution in [0, 0.1) is 0 Å². The van der Waals surface area contributed by atoms with Gasteiger partial charge < -0.3 is 10.3 Å². The maximum atomic E-state index is 4.73. The number of hydrogen-bond acceptors (Lipinski definition) is 4. The molecule has 0 saturated carbocycles. The van der Waals surface area contributed by atoms with Gasteiger partial charge in [0.15, 0.2) is 0 Å². The molecule has 0 aliphatic rings. The van der Waals surface area contributed by atoms with Crippen LogP contribution in [0.4, 0.5) is 5.95 Å². The smallest absolute Gasteiger partial charge is 0.225 e. The second-order valence-corrected chi connectivity index (χ2v) is 8.10. The Bertz CT molecular complexity index is 1530. The van der Waals surface area contributed by atoms with E-state index >= 15 is 0 Å². The van der Waals surface area contributed by atoms with Crippen LogP contribution in [0.15, 0.2) is 97.5 Å². The zero-order valence-corrected chi connectivity index (χ0v) is 18.1. The van der Waals surface area contributed by atoms with Gasteiger partial charge in [0.25, 0.3) is 0 Å². The van der Waals surface area contributed by atoms with Crippen LogP contribution in [0.3, 0.4) is 0 Å². The molecule has 6 heteroatoms. The van der Waals surface area contributed by atoms with Crippen LogP contribution >= 0.6 is 0 Å². The van der Waals surface area contributed by atoms with Gasteiger partial charge in [-0.25, -0.2) is 9.97 Å². The van der Waals surface area contributed by atoms with E-state index in [1.807, 2.05) is 41.2 Å². The first-order valence-electron chi connectivity index (χ1n) is 10.9. The Morgan fingerprint density at radius 1 is 0.879 bits per heavy atom. The summed E-state index contributed by atoms with van der Waals surface area (Å²) in [6, 6.07) is 29.0. The quantitative estimate of drug-likeness (QED) is 0.345. The summed E-state index contributed by atoms with van der Waals surface area (Å²) in [4.78, 5) is 17.3. The van der Waals surface area contributed by atoms with Crippen LogP contribution in [0.2, 0.25) is 0 Å². The highest BCUT2D eigenvalue weighted by molar-refractivity contribution is 5.88. The van der Waals surface area contributed by atoms with Gasteiger partial charge in [0.2, 0.25) is 5.95 Å². The second-order valence-electron chi connectivity index (χ2n) is 8.10. The molecule has 0 fully saturated rings. The highest BCUT2D eigenvalue weighted by Gasteiger charge is 2.11. The van der Waals surface area contributed by atoms with Crippen molar-refractivity contribution in [2.45, 2.75) is 13.0 Å². The lowest BCUT2D eigenvalue weighted by Gasteiger charge is -2.14. The van der Waals surface area contributed by atoms with E-state index in [9.17, 15) is 0 Å². The number of imidazole rings is 1. The maximum absolute atomic E-state index is 4.73. The molecule has 1 atom stereocenters. The number of rotatable bonds is 5. The average molecular weight is 431 g/mol. The van der Waals surface area contributed by atoms with E-state index in [2.05, 4.69) is 81.8 Å². The number of aromatic amines is 1. The lowest BCUT2D eigenvalue weighted by molar-refractivity contribution is 0.854. The van der Waals surface area contributed by atoms with Crippen molar-refractivity contribution in [3.63, 3.8) is 0 Å². The van der Waals surface area contributed by atoms with Crippen molar-refractivity contribution in [1.29, 1.82) is 0 Å². The van der Waals surface area contributed by atoms with Gasteiger partial charge in [-0.1, -0.05) is 54.6 Å². The molecule has 0 spiro atoms. The summed E-state index contributed by atoms with van der Waals surface area (Å²) in [5, 5.41) is 4.59. The first-order valence-corrected chi connectivity index (χ1v) is 10.9. The number of hydrogen-bond donors (Lipinski definition) is 2. The predicted octanol–water partition coefficient (Wildman–Crippen LogP) is 6.14. The van der Waals surface area contributed by atoms with Crippen molar-refractivity contribution in [3.05, 3.63) is 103 Å². The third-order valence-corrected chi connectivity index (χ3v) is 5.92. The monoisotopic (exact) mass is 430 g/mol. The normalized spacial score (nSPS) is 12.3. The fraction of sp³-hybridized carbons (Fsp3) is 0.0741. The van der Waals surface area contributed by atoms with Crippen molar-refractivity contribution in [2.75, 3.05) is 5.32 Å². The minimum atomic E-state index is 0.0971. The Morgan fingerprint density at radius 3 is 2.61 bits per heavy atom. The van der Waals surface area contributed by atoms with Crippen LogP contribution in [0.5, 0.6) is 0 Å². The first kappa shape index (κ1) is 19.3. The largest absolute Gasteiger partial charge is 0.355 e. The molecule has 2 N–H and O–H groups in total. The number of aromatic nitrogens is 5. The van der Waals surface area contributed by atoms with E-state index in [0.29, 0.717) is 5.95 Å². The number of anilines is 1. The molecule has 0 aliphatic carbocycles. The SMILES string of the molecule is CC(Nc1nccc(-n2cnc3cc(-c4cc5ccccc5[nH]4)ccc32)n1)c1ccccc1. The highest BCUT2D eigenvalue weighted by Crippen LogP contribution is 2.28. The molecule has 0 aliphatic heterocycles. The molecule has 160 valence electrons. The highest BCUT2D eigenvalue weighted by atomic mass is 15.2. The zero-order valence-electron chi connectivity index (χ0n) is 18.1. The van der Waals surface area contributed by atoms with Gasteiger partial charge in [-0.05, 0) is 42.8 Å². The van der Waals surface area contributed by atoms with Crippen molar-refractivity contribution in [1.82, 2.24) is 24.5 Å². The average Bonchev–Trinajstić information content (AvgIpc) is 3.49. The van der Waals surface area contributed by atoms with Gasteiger partial charge in [0.1, 0.15) is 12.1 Å². The Labute approximate surface area is 191 Å². The van der Waals surface area contributed by atoms with Gasteiger partial charge in [-0.3, -0.25) is 4.57 Å². The van der Waals surface area contributed by atoms with Gasteiger partial charge >= 0.3 is 0 Å². The first-order chi connectivity index (χ1) is 16.2. The molecule has 0 saturated heterocycles. The standard InChI is InChI=1S/C27H22N6/c1-18(19-7-3-2-4-8-19)30-27-28-14-13-26(32-27)33-17-29-24-16-21(11-12-25(24)33)23-15-20-9-5-6-10-22(20)31-23/h2-18,31H,1H3,(H,28,30,32). The molecular formula is C27H22N6. The van der Waals surface area contributed by atoms with Gasteiger partial charge in [0, 0.05) is 28.4 Å². The molecule has 1 unspecified atom stereocenters. The summed E-state index contributed by atoms with van der Waals surface area (Å²) in [6.45, 7) is 2.10. The van der Waals surface area contributed by atoms with Crippen molar-refractivity contribution < 1.29 is 0 Å². The minimum absolute atomic E-state index is 0.0971. The van der Waals surface area contributed by atoms with Crippen LogP contribution in [0.25, 0.3) is 39.0 Å². The number of nitrogens with one attached hydrogen (secondary N) is 2. The molecule has 33 heavy (non-hydrogen) atoms. The molecule has 3 aromatic heterocycles. The third-order valence-electron chi connectivity index (χ3n) is 5.92. The summed E-state index contributed by atoms with van der Waals surface area (Å²) < 4.78 is 1.99. The lowest BCUT2D eigenvalue weighted by atomic mass is 10.1. The van der Waals surface area contributed by atoms with Gasteiger partial charge in [-0.15, -0.1) is 0 Å². The second kappa shape index (κ2) is 7.91. The summed E-state index contributed by atoms with van der Waals surface area (Å²) in [7, 11) is 0. The molecule has 6 aromatic rings. The van der Waals surface area contributed by atoms with Gasteiger partial charge in [-0.2, -0.15) is 4.98 Å². The van der Waals surface area contributed by atoms with Crippen LogP contribution in [-0.2, 0) is 0 Å². The molecule has 6 nitrogen and oxygen atoms in total. The van der Waals surface area contributed by atoms with Crippen LogP contribution < -0.4 is 5.32 Å². The molecule has 0 bridgehead atoms. The van der Waals surface area contributed by atoms with E-state index in [1.165, 1.54) is 10.9 Å². The molecule has 3 aromatic carbocycles. The van der Waals surface area contributed by atoms with Crippen molar-refractivity contribution >= 4 is 27.9 Å². The van der Waals surface area contributed by atoms with Crippen LogP contribution in [-0.4, -0.2) is 24.5 Å². The molecule has 0 radical (unpaired) electrons. The van der Waals surface area contributed by atoms with Crippen molar-refractivity contribution in [3.8, 4) is 17.1 Å². The Kier molecular flexibility index (Phi) is 4.61. The van der Waals surface area contributed by atoms with Crippen molar-refractivity contribution in [2.24, 2.45) is 0 Å². The number of nitrogens with zero attached hydrogens (tertiary/aromatic N) is 4. The fourth-order valence-electron chi connectivity index (χ4n) is 4.16. The molecule has 6 rings (SSSR count). The number of fused-ring (bicyclic) bond motifs is 2. The lowest BCUT2D eigenvalue weighted by Crippen LogP contribution is -2.10. The molecule has 0 amide bonds. The molecular weight excluding hydrogens is 408 g/mol. The van der Waals surface area contributed by atoms with E-state index < -0.39 is 0 Å². The predicted molar refractivity (Wildman–Crippen MR) is 132 cm³/mol. The summed E-state index contributed by atoms with van der Waals surface area (Å²) in [5.41, 5.74) is 6.40. The minimum Gasteiger partial charge on any atom is -0.355 e. The van der Waals surface area contributed by atoms with E-state index in [4.69, 9.17) is 4.98 Å². The topological polar surface area (TPSA) is 71.4 Å². The Morgan fingerprint density at radius 2 is 1.73 bits per heavy atom. The number of benzene rings is 3. The Hall–Kier alpha value is -4.45. The fourth-order valence-corrected chi connectivity index (χ4v) is 4.16. The Balaban J connectivity index is 1.31.